The number of carbonyl (C=O) groups excluding carboxylic acids is 1. The third-order valence-corrected chi connectivity index (χ3v) is 3.83. The minimum atomic E-state index is -0.216. The highest BCUT2D eigenvalue weighted by Gasteiger charge is 2.14. The van der Waals surface area contributed by atoms with Crippen LogP contribution in [0, 0.1) is 0 Å². The molecule has 2 aromatic carbocycles. The molecule has 0 spiro atoms. The molecule has 0 radical (unpaired) electrons. The van der Waals surface area contributed by atoms with Gasteiger partial charge < -0.3 is 19.5 Å². The van der Waals surface area contributed by atoms with Crippen molar-refractivity contribution in [1.82, 2.24) is 5.32 Å². The van der Waals surface area contributed by atoms with E-state index in [1.54, 1.807) is 19.2 Å². The largest absolute Gasteiger partial charge is 0.497 e. The van der Waals surface area contributed by atoms with Gasteiger partial charge in [-0.05, 0) is 36.2 Å². The first kappa shape index (κ1) is 17.9. The number of nitrogens with one attached hydrogen (secondary N) is 1. The molecule has 0 saturated heterocycles. The highest BCUT2D eigenvalue weighted by molar-refractivity contribution is 6.32. The molecule has 0 aliphatic carbocycles. The van der Waals surface area contributed by atoms with E-state index >= 15 is 0 Å². The van der Waals surface area contributed by atoms with E-state index in [0.717, 1.165) is 17.7 Å². The van der Waals surface area contributed by atoms with Crippen LogP contribution in [0.15, 0.2) is 36.4 Å². The standard InChI is InChI=1S/C18H20ClNO4/c1-22-14-6-4-12(5-7-14)8-9-20-18(21)13-10-15(19)17(24-3)16(11-13)23-2/h4-7,10-11H,8-9H2,1-3H3,(H,20,21). The lowest BCUT2D eigenvalue weighted by Gasteiger charge is -2.12. The van der Waals surface area contributed by atoms with Crippen LogP contribution in [0.2, 0.25) is 5.02 Å². The lowest BCUT2D eigenvalue weighted by molar-refractivity contribution is 0.0953. The van der Waals surface area contributed by atoms with Gasteiger partial charge in [0.25, 0.3) is 5.91 Å². The van der Waals surface area contributed by atoms with Gasteiger partial charge in [0, 0.05) is 12.1 Å². The Labute approximate surface area is 146 Å². The topological polar surface area (TPSA) is 56.8 Å². The van der Waals surface area contributed by atoms with Crippen LogP contribution in [0.5, 0.6) is 17.2 Å². The molecule has 0 heterocycles. The highest BCUT2D eigenvalue weighted by Crippen LogP contribution is 2.35. The molecule has 0 atom stereocenters. The van der Waals surface area contributed by atoms with Crippen LogP contribution < -0.4 is 19.5 Å². The first-order valence-corrected chi connectivity index (χ1v) is 7.79. The predicted molar refractivity (Wildman–Crippen MR) is 93.6 cm³/mol. The lowest BCUT2D eigenvalue weighted by atomic mass is 10.1. The average Bonchev–Trinajstić information content (AvgIpc) is 2.61. The van der Waals surface area contributed by atoms with Crippen LogP contribution in [-0.4, -0.2) is 33.8 Å². The van der Waals surface area contributed by atoms with Gasteiger partial charge in [-0.2, -0.15) is 0 Å². The summed E-state index contributed by atoms with van der Waals surface area (Å²) >= 11 is 6.12. The third kappa shape index (κ3) is 4.32. The van der Waals surface area contributed by atoms with Crippen LogP contribution in [-0.2, 0) is 6.42 Å². The van der Waals surface area contributed by atoms with Gasteiger partial charge in [0.2, 0.25) is 0 Å². The van der Waals surface area contributed by atoms with Crippen molar-refractivity contribution in [3.63, 3.8) is 0 Å². The predicted octanol–water partition coefficient (Wildman–Crippen LogP) is 3.34. The van der Waals surface area contributed by atoms with Crippen molar-refractivity contribution in [2.75, 3.05) is 27.9 Å². The van der Waals surface area contributed by atoms with E-state index in [0.29, 0.717) is 28.6 Å². The minimum Gasteiger partial charge on any atom is -0.497 e. The van der Waals surface area contributed by atoms with Gasteiger partial charge in [0.1, 0.15) is 5.75 Å². The molecule has 0 saturated carbocycles. The van der Waals surface area contributed by atoms with Crippen LogP contribution >= 0.6 is 11.6 Å². The highest BCUT2D eigenvalue weighted by atomic mass is 35.5. The van der Waals surface area contributed by atoms with Gasteiger partial charge in [-0.1, -0.05) is 23.7 Å². The van der Waals surface area contributed by atoms with Crippen molar-refractivity contribution in [3.05, 3.63) is 52.5 Å². The second kappa shape index (κ2) is 8.45. The number of halogens is 1. The van der Waals surface area contributed by atoms with Gasteiger partial charge in [-0.25, -0.2) is 0 Å². The number of ether oxygens (including phenoxy) is 3. The van der Waals surface area contributed by atoms with Crippen LogP contribution in [0.25, 0.3) is 0 Å². The van der Waals surface area contributed by atoms with E-state index in [9.17, 15) is 4.79 Å². The van der Waals surface area contributed by atoms with Crippen molar-refractivity contribution in [3.8, 4) is 17.2 Å². The monoisotopic (exact) mass is 349 g/mol. The maximum atomic E-state index is 12.3. The second-order valence-corrected chi connectivity index (χ2v) is 5.45. The number of rotatable bonds is 7. The summed E-state index contributed by atoms with van der Waals surface area (Å²) in [6.07, 6.45) is 0.719. The fourth-order valence-corrected chi connectivity index (χ4v) is 2.55. The SMILES string of the molecule is COc1ccc(CCNC(=O)c2cc(Cl)c(OC)c(OC)c2)cc1. The summed E-state index contributed by atoms with van der Waals surface area (Å²) in [5.74, 6) is 1.42. The molecule has 0 aromatic heterocycles. The van der Waals surface area contributed by atoms with Gasteiger partial charge in [0.15, 0.2) is 11.5 Å². The van der Waals surface area contributed by atoms with Crippen molar-refractivity contribution < 1.29 is 19.0 Å². The number of amides is 1. The Kier molecular flexibility index (Phi) is 6.32. The molecule has 24 heavy (non-hydrogen) atoms. The second-order valence-electron chi connectivity index (χ2n) is 5.05. The van der Waals surface area contributed by atoms with E-state index in [-0.39, 0.29) is 5.91 Å². The smallest absolute Gasteiger partial charge is 0.251 e. The van der Waals surface area contributed by atoms with Crippen molar-refractivity contribution in [2.45, 2.75) is 6.42 Å². The Balaban J connectivity index is 1.98. The normalized spacial score (nSPS) is 10.2. The molecule has 5 nitrogen and oxygen atoms in total. The number of hydrogen-bond donors (Lipinski definition) is 1. The minimum absolute atomic E-state index is 0.216. The molecule has 2 aromatic rings. The van der Waals surface area contributed by atoms with Crippen LogP contribution in [0.4, 0.5) is 0 Å². The zero-order valence-corrected chi connectivity index (χ0v) is 14.6. The molecular weight excluding hydrogens is 330 g/mol. The third-order valence-electron chi connectivity index (χ3n) is 3.55. The summed E-state index contributed by atoms with van der Waals surface area (Å²) in [4.78, 5) is 12.3. The van der Waals surface area contributed by atoms with E-state index < -0.39 is 0 Å². The Bertz CT molecular complexity index is 701. The Morgan fingerprint density at radius 2 is 1.75 bits per heavy atom. The summed E-state index contributed by atoms with van der Waals surface area (Å²) in [7, 11) is 4.63. The number of benzene rings is 2. The average molecular weight is 350 g/mol. The Morgan fingerprint density at radius 1 is 1.04 bits per heavy atom. The van der Waals surface area contributed by atoms with Gasteiger partial charge in [-0.3, -0.25) is 4.79 Å². The van der Waals surface area contributed by atoms with E-state index in [4.69, 9.17) is 25.8 Å². The van der Waals surface area contributed by atoms with Gasteiger partial charge in [0.05, 0.1) is 26.4 Å². The first-order chi connectivity index (χ1) is 11.6. The molecule has 2 rings (SSSR count). The van der Waals surface area contributed by atoms with E-state index in [1.165, 1.54) is 14.2 Å². The number of methoxy groups -OCH3 is 3. The Morgan fingerprint density at radius 3 is 2.33 bits per heavy atom. The zero-order valence-electron chi connectivity index (χ0n) is 13.9. The fourth-order valence-electron chi connectivity index (χ4n) is 2.26. The number of hydrogen-bond acceptors (Lipinski definition) is 4. The van der Waals surface area contributed by atoms with E-state index in [2.05, 4.69) is 5.32 Å². The van der Waals surface area contributed by atoms with Crippen LogP contribution in [0.1, 0.15) is 15.9 Å². The maximum Gasteiger partial charge on any atom is 0.251 e. The summed E-state index contributed by atoms with van der Waals surface area (Å²) in [5, 5.41) is 3.20. The summed E-state index contributed by atoms with van der Waals surface area (Å²) < 4.78 is 15.5. The lowest BCUT2D eigenvalue weighted by Crippen LogP contribution is -2.25. The zero-order chi connectivity index (χ0) is 17.5. The van der Waals surface area contributed by atoms with Crippen LogP contribution in [0.3, 0.4) is 0 Å². The molecule has 128 valence electrons. The number of carbonyl (C=O) groups is 1. The molecular formula is C18H20ClNO4. The van der Waals surface area contributed by atoms with Crippen molar-refractivity contribution in [1.29, 1.82) is 0 Å². The summed E-state index contributed by atoms with van der Waals surface area (Å²) in [5.41, 5.74) is 1.54. The molecule has 0 fully saturated rings. The van der Waals surface area contributed by atoms with Gasteiger partial charge >= 0.3 is 0 Å². The Hall–Kier alpha value is -2.40. The first-order valence-electron chi connectivity index (χ1n) is 7.41. The molecule has 0 unspecified atom stereocenters. The molecule has 1 amide bonds. The maximum absolute atomic E-state index is 12.3. The van der Waals surface area contributed by atoms with Crippen molar-refractivity contribution in [2.24, 2.45) is 0 Å². The molecule has 6 heteroatoms. The molecule has 0 aliphatic rings. The fraction of sp³-hybridized carbons (Fsp3) is 0.278. The van der Waals surface area contributed by atoms with Crippen molar-refractivity contribution >= 4 is 17.5 Å². The van der Waals surface area contributed by atoms with Gasteiger partial charge in [-0.15, -0.1) is 0 Å². The summed E-state index contributed by atoms with van der Waals surface area (Å²) in [6, 6.07) is 10.9. The summed E-state index contributed by atoms with van der Waals surface area (Å²) in [6.45, 7) is 0.511. The molecule has 0 bridgehead atoms. The molecule has 0 aliphatic heterocycles. The van der Waals surface area contributed by atoms with E-state index in [1.807, 2.05) is 24.3 Å². The quantitative estimate of drug-likeness (QED) is 0.833. The molecule has 1 N–H and O–H groups in total.